The maximum Gasteiger partial charge on any atom is 0.495 e. The van der Waals surface area contributed by atoms with Crippen LogP contribution < -0.4 is 10.2 Å². The second-order valence-electron chi connectivity index (χ2n) is 9.67. The number of carbonyl (C=O) groups is 1. The molecule has 2 aromatic rings. The standard InChI is InChI=1S/C22H26BF3O4/c1-19(2,3)18(27)28-15-10-13-8-9-14(22(24,25)26)11-16(13)17(12-15)23-29-20(4,5)21(6,7)30-23/h8-12H,1-7H3. The van der Waals surface area contributed by atoms with Crippen molar-refractivity contribution in [1.82, 2.24) is 0 Å². The van der Waals surface area contributed by atoms with Gasteiger partial charge in [-0.25, -0.2) is 0 Å². The number of esters is 1. The summed E-state index contributed by atoms with van der Waals surface area (Å²) in [6.07, 6.45) is -4.49. The molecular formula is C22H26BF3O4. The number of halogens is 3. The van der Waals surface area contributed by atoms with E-state index in [0.29, 0.717) is 16.2 Å². The average molecular weight is 422 g/mol. The van der Waals surface area contributed by atoms with Gasteiger partial charge in [-0.1, -0.05) is 6.07 Å². The number of hydrogen-bond acceptors (Lipinski definition) is 4. The van der Waals surface area contributed by atoms with Crippen LogP contribution in [0.25, 0.3) is 10.8 Å². The number of carbonyl (C=O) groups excluding carboxylic acids is 1. The molecule has 1 aliphatic heterocycles. The summed E-state index contributed by atoms with van der Waals surface area (Å²) in [4.78, 5) is 12.4. The Labute approximate surface area is 174 Å². The van der Waals surface area contributed by atoms with Crippen LogP contribution in [-0.2, 0) is 20.3 Å². The Morgan fingerprint density at radius 3 is 2.03 bits per heavy atom. The number of fused-ring (bicyclic) bond motifs is 1. The molecule has 1 heterocycles. The van der Waals surface area contributed by atoms with Crippen LogP contribution in [0, 0.1) is 5.41 Å². The average Bonchev–Trinajstić information content (AvgIpc) is 2.79. The second-order valence-corrected chi connectivity index (χ2v) is 9.67. The summed E-state index contributed by atoms with van der Waals surface area (Å²) in [6.45, 7) is 12.6. The van der Waals surface area contributed by atoms with E-state index in [1.54, 1.807) is 26.8 Å². The van der Waals surface area contributed by atoms with Gasteiger partial charge in [-0.05, 0) is 89.0 Å². The van der Waals surface area contributed by atoms with Crippen LogP contribution in [0.3, 0.4) is 0 Å². The van der Waals surface area contributed by atoms with Gasteiger partial charge in [0.1, 0.15) is 5.75 Å². The maximum absolute atomic E-state index is 13.3. The van der Waals surface area contributed by atoms with Crippen molar-refractivity contribution in [2.75, 3.05) is 0 Å². The van der Waals surface area contributed by atoms with E-state index in [2.05, 4.69) is 0 Å². The molecule has 0 spiro atoms. The lowest BCUT2D eigenvalue weighted by Crippen LogP contribution is -2.41. The Bertz CT molecular complexity index is 974. The lowest BCUT2D eigenvalue weighted by Gasteiger charge is -2.32. The molecule has 0 saturated carbocycles. The zero-order valence-corrected chi connectivity index (χ0v) is 18.2. The van der Waals surface area contributed by atoms with Gasteiger partial charge in [-0.3, -0.25) is 4.79 Å². The Balaban J connectivity index is 2.16. The van der Waals surface area contributed by atoms with Crippen LogP contribution in [0.1, 0.15) is 54.0 Å². The fourth-order valence-corrected chi connectivity index (χ4v) is 3.02. The first-order valence-electron chi connectivity index (χ1n) is 9.74. The van der Waals surface area contributed by atoms with E-state index in [0.717, 1.165) is 12.1 Å². The molecule has 1 fully saturated rings. The van der Waals surface area contributed by atoms with Gasteiger partial charge in [0.25, 0.3) is 0 Å². The van der Waals surface area contributed by atoms with Crippen molar-refractivity contribution >= 4 is 29.3 Å². The minimum absolute atomic E-state index is 0.229. The van der Waals surface area contributed by atoms with Gasteiger partial charge >= 0.3 is 19.3 Å². The van der Waals surface area contributed by atoms with E-state index in [4.69, 9.17) is 14.0 Å². The molecule has 0 radical (unpaired) electrons. The van der Waals surface area contributed by atoms with Gasteiger partial charge in [-0.15, -0.1) is 0 Å². The molecule has 3 rings (SSSR count). The fraction of sp³-hybridized carbons (Fsp3) is 0.500. The van der Waals surface area contributed by atoms with Crippen molar-refractivity contribution < 1.29 is 32.0 Å². The van der Waals surface area contributed by atoms with Gasteiger partial charge in [0, 0.05) is 0 Å². The monoisotopic (exact) mass is 422 g/mol. The van der Waals surface area contributed by atoms with Gasteiger partial charge < -0.3 is 14.0 Å². The molecule has 8 heteroatoms. The van der Waals surface area contributed by atoms with E-state index in [1.165, 1.54) is 12.1 Å². The molecule has 0 bridgehead atoms. The summed E-state index contributed by atoms with van der Waals surface area (Å²) in [5.74, 6) is -0.222. The Morgan fingerprint density at radius 2 is 1.53 bits per heavy atom. The third-order valence-electron chi connectivity index (χ3n) is 5.62. The zero-order valence-electron chi connectivity index (χ0n) is 18.2. The van der Waals surface area contributed by atoms with E-state index < -0.39 is 41.4 Å². The highest BCUT2D eigenvalue weighted by atomic mass is 19.4. The first-order valence-corrected chi connectivity index (χ1v) is 9.74. The van der Waals surface area contributed by atoms with Crippen LogP contribution in [0.2, 0.25) is 0 Å². The normalized spacial score (nSPS) is 18.7. The molecule has 0 unspecified atom stereocenters. The molecular weight excluding hydrogens is 396 g/mol. The van der Waals surface area contributed by atoms with Crippen LogP contribution in [0.5, 0.6) is 5.75 Å². The quantitative estimate of drug-likeness (QED) is 0.384. The van der Waals surface area contributed by atoms with E-state index in [-0.39, 0.29) is 5.75 Å². The Kier molecular flexibility index (Phi) is 5.27. The second kappa shape index (κ2) is 6.99. The SMILES string of the molecule is CC(C)(C)C(=O)Oc1cc(B2OC(C)(C)C(C)(C)O2)c2cc(C(F)(F)F)ccc2c1. The van der Waals surface area contributed by atoms with Crippen molar-refractivity contribution in [2.45, 2.75) is 65.8 Å². The highest BCUT2D eigenvalue weighted by Gasteiger charge is 2.52. The van der Waals surface area contributed by atoms with Crippen molar-refractivity contribution in [3.8, 4) is 5.75 Å². The minimum atomic E-state index is -4.49. The van der Waals surface area contributed by atoms with Crippen molar-refractivity contribution in [2.24, 2.45) is 5.41 Å². The number of alkyl halides is 3. The van der Waals surface area contributed by atoms with E-state index in [1.807, 2.05) is 27.7 Å². The predicted octanol–water partition coefficient (Wildman–Crippen LogP) is 5.11. The molecule has 0 amide bonds. The summed E-state index contributed by atoms with van der Waals surface area (Å²) >= 11 is 0. The summed E-state index contributed by atoms with van der Waals surface area (Å²) < 4.78 is 57.6. The van der Waals surface area contributed by atoms with Gasteiger partial charge in [-0.2, -0.15) is 13.2 Å². The first kappa shape index (κ1) is 22.6. The highest BCUT2D eigenvalue weighted by molar-refractivity contribution is 6.65. The van der Waals surface area contributed by atoms with Gasteiger partial charge in [0.15, 0.2) is 0 Å². The molecule has 162 valence electrons. The molecule has 1 aliphatic rings. The smallest absolute Gasteiger partial charge is 0.426 e. The molecule has 2 aromatic carbocycles. The van der Waals surface area contributed by atoms with E-state index >= 15 is 0 Å². The number of hydrogen-bond donors (Lipinski definition) is 0. The zero-order chi connectivity index (χ0) is 22.7. The maximum atomic E-state index is 13.3. The topological polar surface area (TPSA) is 44.8 Å². The molecule has 0 aliphatic carbocycles. The number of ether oxygens (including phenoxy) is 1. The van der Waals surface area contributed by atoms with Crippen molar-refractivity contribution in [1.29, 1.82) is 0 Å². The lowest BCUT2D eigenvalue weighted by molar-refractivity contribution is -0.143. The fourth-order valence-electron chi connectivity index (χ4n) is 3.02. The largest absolute Gasteiger partial charge is 0.495 e. The highest BCUT2D eigenvalue weighted by Crippen LogP contribution is 2.38. The van der Waals surface area contributed by atoms with Gasteiger partial charge in [0.2, 0.25) is 0 Å². The summed E-state index contributed by atoms with van der Waals surface area (Å²) in [7, 11) is -0.908. The third-order valence-corrected chi connectivity index (χ3v) is 5.62. The Morgan fingerprint density at radius 1 is 0.967 bits per heavy atom. The molecule has 4 nitrogen and oxygen atoms in total. The summed E-state index contributed by atoms with van der Waals surface area (Å²) in [5.41, 5.74) is -2.48. The third kappa shape index (κ3) is 4.21. The van der Waals surface area contributed by atoms with Crippen LogP contribution in [0.4, 0.5) is 13.2 Å². The predicted molar refractivity (Wildman–Crippen MR) is 110 cm³/mol. The minimum Gasteiger partial charge on any atom is -0.426 e. The summed E-state index contributed by atoms with van der Waals surface area (Å²) in [5, 5.41) is 0.825. The van der Waals surface area contributed by atoms with Crippen LogP contribution >= 0.6 is 0 Å². The van der Waals surface area contributed by atoms with Crippen LogP contribution in [-0.4, -0.2) is 24.3 Å². The van der Waals surface area contributed by atoms with Crippen LogP contribution in [0.15, 0.2) is 30.3 Å². The molecule has 30 heavy (non-hydrogen) atoms. The number of rotatable bonds is 2. The van der Waals surface area contributed by atoms with Crippen molar-refractivity contribution in [3.63, 3.8) is 0 Å². The molecule has 0 atom stereocenters. The molecule has 0 N–H and O–H groups in total. The van der Waals surface area contributed by atoms with Crippen molar-refractivity contribution in [3.05, 3.63) is 35.9 Å². The number of benzene rings is 2. The lowest BCUT2D eigenvalue weighted by atomic mass is 9.75. The summed E-state index contributed by atoms with van der Waals surface area (Å²) in [6, 6.07) is 6.51. The van der Waals surface area contributed by atoms with Gasteiger partial charge in [0.05, 0.1) is 22.2 Å². The first-order chi connectivity index (χ1) is 13.5. The molecule has 0 aromatic heterocycles. The van der Waals surface area contributed by atoms with E-state index in [9.17, 15) is 18.0 Å². The Hall–Kier alpha value is -2.06. The molecule has 1 saturated heterocycles.